The van der Waals surface area contributed by atoms with Gasteiger partial charge in [-0.1, -0.05) is 20.3 Å². The highest BCUT2D eigenvalue weighted by molar-refractivity contribution is 5.24. The van der Waals surface area contributed by atoms with Gasteiger partial charge in [0.2, 0.25) is 0 Å². The number of aliphatic hydroxyl groups is 1. The van der Waals surface area contributed by atoms with E-state index in [-0.39, 0.29) is 6.10 Å². The van der Waals surface area contributed by atoms with Crippen LogP contribution in [0.1, 0.15) is 50.1 Å². The van der Waals surface area contributed by atoms with Crippen LogP contribution in [0.15, 0.2) is 0 Å². The largest absolute Gasteiger partial charge is 0.393 e. The fraction of sp³-hybridized carbons (Fsp3) is 0.786. The third-order valence-corrected chi connectivity index (χ3v) is 3.75. The molecule has 98 valence electrons. The molecule has 1 aromatic rings. The van der Waals surface area contributed by atoms with E-state index in [4.69, 9.17) is 0 Å². The van der Waals surface area contributed by atoms with E-state index in [0.29, 0.717) is 5.92 Å². The van der Waals surface area contributed by atoms with E-state index < -0.39 is 0 Å². The maximum absolute atomic E-state index is 10.1. The van der Waals surface area contributed by atoms with Crippen molar-refractivity contribution in [3.63, 3.8) is 0 Å². The second-order valence-electron chi connectivity index (χ2n) is 5.14. The number of aliphatic hydroxyl groups excluding tert-OH is 1. The first kappa shape index (κ1) is 14.2. The maximum Gasteiger partial charge on any atom is 0.0628 e. The van der Waals surface area contributed by atoms with Crippen molar-refractivity contribution in [2.75, 3.05) is 0 Å². The standard InChI is InChI=1S/C14H26N2O/c1-6-7-10(2)14(17)9-8-13-11(3)15-16(5)12(13)4/h10,14,17H,6-9H2,1-5H3. The van der Waals surface area contributed by atoms with Gasteiger partial charge in [0.25, 0.3) is 0 Å². The van der Waals surface area contributed by atoms with E-state index in [1.165, 1.54) is 11.3 Å². The lowest BCUT2D eigenvalue weighted by Crippen LogP contribution is -2.18. The van der Waals surface area contributed by atoms with Crippen molar-refractivity contribution in [2.24, 2.45) is 13.0 Å². The van der Waals surface area contributed by atoms with Gasteiger partial charge >= 0.3 is 0 Å². The third-order valence-electron chi connectivity index (χ3n) is 3.75. The lowest BCUT2D eigenvalue weighted by molar-refractivity contribution is 0.103. The second-order valence-corrected chi connectivity index (χ2v) is 5.14. The molecule has 1 N–H and O–H groups in total. The number of rotatable bonds is 6. The van der Waals surface area contributed by atoms with E-state index in [2.05, 4.69) is 25.9 Å². The first-order valence-electron chi connectivity index (χ1n) is 6.64. The minimum Gasteiger partial charge on any atom is -0.393 e. The van der Waals surface area contributed by atoms with Gasteiger partial charge in [0.1, 0.15) is 0 Å². The van der Waals surface area contributed by atoms with Crippen molar-refractivity contribution in [2.45, 2.75) is 59.5 Å². The molecule has 0 fully saturated rings. The van der Waals surface area contributed by atoms with Gasteiger partial charge in [0.05, 0.1) is 11.8 Å². The molecule has 0 amide bonds. The average molecular weight is 238 g/mol. The molecule has 0 aliphatic heterocycles. The van der Waals surface area contributed by atoms with Crippen LogP contribution in [0.4, 0.5) is 0 Å². The van der Waals surface area contributed by atoms with Crippen LogP contribution in [0.25, 0.3) is 0 Å². The Morgan fingerprint density at radius 3 is 2.41 bits per heavy atom. The smallest absolute Gasteiger partial charge is 0.0628 e. The van der Waals surface area contributed by atoms with Crippen molar-refractivity contribution in [1.82, 2.24) is 9.78 Å². The minimum atomic E-state index is -0.186. The Kier molecular flexibility index (Phi) is 5.19. The zero-order valence-electron chi connectivity index (χ0n) is 11.8. The van der Waals surface area contributed by atoms with Crippen LogP contribution in [-0.4, -0.2) is 21.0 Å². The second kappa shape index (κ2) is 6.20. The average Bonchev–Trinajstić information content (AvgIpc) is 2.51. The summed E-state index contributed by atoms with van der Waals surface area (Å²) in [5.41, 5.74) is 3.62. The number of aromatic nitrogens is 2. The lowest BCUT2D eigenvalue weighted by Gasteiger charge is -2.18. The highest BCUT2D eigenvalue weighted by Gasteiger charge is 2.16. The summed E-state index contributed by atoms with van der Waals surface area (Å²) in [6.07, 6.45) is 3.83. The Bertz CT molecular complexity index is 357. The minimum absolute atomic E-state index is 0.186. The van der Waals surface area contributed by atoms with Crippen LogP contribution in [0.3, 0.4) is 0 Å². The molecule has 17 heavy (non-hydrogen) atoms. The maximum atomic E-state index is 10.1. The highest BCUT2D eigenvalue weighted by atomic mass is 16.3. The summed E-state index contributed by atoms with van der Waals surface area (Å²) in [5, 5.41) is 14.5. The molecule has 0 aliphatic carbocycles. The fourth-order valence-corrected chi connectivity index (χ4v) is 2.40. The summed E-state index contributed by atoms with van der Waals surface area (Å²) in [7, 11) is 1.97. The lowest BCUT2D eigenvalue weighted by atomic mass is 9.94. The number of aryl methyl sites for hydroxylation is 2. The molecular weight excluding hydrogens is 212 g/mol. The molecule has 0 saturated heterocycles. The quantitative estimate of drug-likeness (QED) is 0.827. The van der Waals surface area contributed by atoms with Gasteiger partial charge in [-0.05, 0) is 44.6 Å². The monoisotopic (exact) mass is 238 g/mol. The van der Waals surface area contributed by atoms with Crippen molar-refractivity contribution in [3.05, 3.63) is 17.0 Å². The predicted octanol–water partition coefficient (Wildman–Crippen LogP) is 2.77. The molecule has 0 radical (unpaired) electrons. The van der Waals surface area contributed by atoms with Crippen molar-refractivity contribution < 1.29 is 5.11 Å². The molecule has 0 aliphatic rings. The zero-order chi connectivity index (χ0) is 13.0. The molecule has 2 atom stereocenters. The Morgan fingerprint density at radius 2 is 1.94 bits per heavy atom. The van der Waals surface area contributed by atoms with Gasteiger partial charge in [-0.25, -0.2) is 0 Å². The number of hydrogen-bond donors (Lipinski definition) is 1. The van der Waals surface area contributed by atoms with Crippen LogP contribution < -0.4 is 0 Å². The van der Waals surface area contributed by atoms with Gasteiger partial charge < -0.3 is 5.11 Å². The van der Waals surface area contributed by atoms with E-state index in [9.17, 15) is 5.11 Å². The van der Waals surface area contributed by atoms with Gasteiger partial charge in [-0.15, -0.1) is 0 Å². The normalized spacial score (nSPS) is 14.9. The van der Waals surface area contributed by atoms with Crippen LogP contribution in [0, 0.1) is 19.8 Å². The first-order chi connectivity index (χ1) is 7.97. The predicted molar refractivity (Wildman–Crippen MR) is 71.1 cm³/mol. The Balaban J connectivity index is 2.55. The molecule has 2 unspecified atom stereocenters. The molecule has 1 aromatic heterocycles. The Hall–Kier alpha value is -0.830. The third kappa shape index (κ3) is 3.56. The SMILES string of the molecule is CCCC(C)C(O)CCc1c(C)nn(C)c1C. The summed E-state index contributed by atoms with van der Waals surface area (Å²) < 4.78 is 1.92. The van der Waals surface area contributed by atoms with E-state index in [1.807, 2.05) is 18.7 Å². The van der Waals surface area contributed by atoms with E-state index in [0.717, 1.165) is 31.4 Å². The van der Waals surface area contributed by atoms with Crippen molar-refractivity contribution in [3.8, 4) is 0 Å². The molecule has 1 heterocycles. The summed E-state index contributed by atoms with van der Waals surface area (Å²) in [6.45, 7) is 8.44. The van der Waals surface area contributed by atoms with Crippen LogP contribution in [0.5, 0.6) is 0 Å². The number of hydrogen-bond acceptors (Lipinski definition) is 2. The van der Waals surface area contributed by atoms with E-state index >= 15 is 0 Å². The highest BCUT2D eigenvalue weighted by Crippen LogP contribution is 2.19. The zero-order valence-corrected chi connectivity index (χ0v) is 11.8. The van der Waals surface area contributed by atoms with Crippen LogP contribution >= 0.6 is 0 Å². The van der Waals surface area contributed by atoms with E-state index in [1.54, 1.807) is 0 Å². The number of nitrogens with zero attached hydrogens (tertiary/aromatic N) is 2. The molecular formula is C14H26N2O. The molecule has 0 bridgehead atoms. The van der Waals surface area contributed by atoms with Gasteiger partial charge in [-0.2, -0.15) is 5.10 Å². The van der Waals surface area contributed by atoms with Crippen LogP contribution in [-0.2, 0) is 13.5 Å². The fourth-order valence-electron chi connectivity index (χ4n) is 2.40. The van der Waals surface area contributed by atoms with Gasteiger partial charge in [0.15, 0.2) is 0 Å². The van der Waals surface area contributed by atoms with Gasteiger partial charge in [-0.3, -0.25) is 4.68 Å². The summed E-state index contributed by atoms with van der Waals surface area (Å²) in [5.74, 6) is 0.400. The summed E-state index contributed by atoms with van der Waals surface area (Å²) >= 11 is 0. The van der Waals surface area contributed by atoms with Crippen molar-refractivity contribution >= 4 is 0 Å². The molecule has 0 aromatic carbocycles. The molecule has 1 rings (SSSR count). The first-order valence-corrected chi connectivity index (χ1v) is 6.64. The van der Waals surface area contributed by atoms with Crippen molar-refractivity contribution in [1.29, 1.82) is 0 Å². The molecule has 3 heteroatoms. The molecule has 3 nitrogen and oxygen atoms in total. The van der Waals surface area contributed by atoms with Gasteiger partial charge in [0, 0.05) is 12.7 Å². The molecule has 0 saturated carbocycles. The summed E-state index contributed by atoms with van der Waals surface area (Å²) in [6, 6.07) is 0. The summed E-state index contributed by atoms with van der Waals surface area (Å²) in [4.78, 5) is 0. The Labute approximate surface area is 105 Å². The molecule has 0 spiro atoms. The Morgan fingerprint density at radius 1 is 1.29 bits per heavy atom. The topological polar surface area (TPSA) is 38.1 Å². The van der Waals surface area contributed by atoms with Crippen LogP contribution in [0.2, 0.25) is 0 Å².